The lowest BCUT2D eigenvalue weighted by Gasteiger charge is -2.09. The fourth-order valence-corrected chi connectivity index (χ4v) is 2.67. The van der Waals surface area contributed by atoms with Crippen molar-refractivity contribution in [2.45, 2.75) is 20.3 Å². The topological polar surface area (TPSA) is 54.3 Å². The molecule has 5 nitrogen and oxygen atoms in total. The molecule has 3 amide bonds. The van der Waals surface area contributed by atoms with Gasteiger partial charge in [0.15, 0.2) is 0 Å². The molecule has 0 spiro atoms. The smallest absolute Gasteiger partial charge is 0.317 e. The van der Waals surface area contributed by atoms with Gasteiger partial charge in [0.2, 0.25) is 0 Å². The van der Waals surface area contributed by atoms with Gasteiger partial charge in [0.1, 0.15) is 5.70 Å². The Balaban J connectivity index is 1.94. The zero-order valence-corrected chi connectivity index (χ0v) is 13.2. The van der Waals surface area contributed by atoms with Crippen LogP contribution in [0, 0.1) is 6.92 Å². The molecule has 1 aromatic carbocycles. The summed E-state index contributed by atoms with van der Waals surface area (Å²) >= 11 is 0. The van der Waals surface area contributed by atoms with Gasteiger partial charge in [-0.05, 0) is 49.2 Å². The molecule has 1 fully saturated rings. The molecule has 118 valence electrons. The van der Waals surface area contributed by atoms with Crippen LogP contribution in [-0.2, 0) is 4.79 Å². The van der Waals surface area contributed by atoms with Gasteiger partial charge in [-0.3, -0.25) is 9.69 Å². The first kappa shape index (κ1) is 15.1. The summed E-state index contributed by atoms with van der Waals surface area (Å²) in [4.78, 5) is 25.4. The van der Waals surface area contributed by atoms with E-state index >= 15 is 0 Å². The summed E-state index contributed by atoms with van der Waals surface area (Å²) in [5.41, 5.74) is 3.34. The quantitative estimate of drug-likeness (QED) is 0.697. The maximum absolute atomic E-state index is 12.3. The molecule has 0 aliphatic carbocycles. The second-order valence-electron chi connectivity index (χ2n) is 5.59. The molecule has 2 aromatic rings. The number of urea groups is 1. The Hall–Kier alpha value is -2.82. The average molecular weight is 309 g/mol. The van der Waals surface area contributed by atoms with Gasteiger partial charge in [0.05, 0.1) is 0 Å². The van der Waals surface area contributed by atoms with Crippen molar-refractivity contribution in [3.8, 4) is 5.69 Å². The zero-order chi connectivity index (χ0) is 16.4. The van der Waals surface area contributed by atoms with Crippen LogP contribution in [0.4, 0.5) is 4.79 Å². The Labute approximate surface area is 135 Å². The highest BCUT2D eigenvalue weighted by atomic mass is 16.2. The van der Waals surface area contributed by atoms with Crippen LogP contribution < -0.4 is 5.32 Å². The number of carbonyl (C=O) groups is 2. The third kappa shape index (κ3) is 2.90. The van der Waals surface area contributed by atoms with Gasteiger partial charge >= 0.3 is 6.03 Å². The zero-order valence-electron chi connectivity index (χ0n) is 13.2. The molecule has 2 heterocycles. The number of hydrogen-bond acceptors (Lipinski definition) is 2. The van der Waals surface area contributed by atoms with Crippen LogP contribution in [0.25, 0.3) is 11.8 Å². The van der Waals surface area contributed by atoms with Crippen molar-refractivity contribution in [1.29, 1.82) is 0 Å². The van der Waals surface area contributed by atoms with Crippen molar-refractivity contribution in [1.82, 2.24) is 14.8 Å². The first-order valence-corrected chi connectivity index (χ1v) is 7.69. The number of nitrogens with one attached hydrogen (secondary N) is 1. The van der Waals surface area contributed by atoms with Gasteiger partial charge in [-0.2, -0.15) is 0 Å². The van der Waals surface area contributed by atoms with Crippen molar-refractivity contribution in [3.63, 3.8) is 0 Å². The van der Waals surface area contributed by atoms with E-state index in [1.165, 1.54) is 4.90 Å². The molecule has 1 aliphatic heterocycles. The lowest BCUT2D eigenvalue weighted by atomic mass is 10.2. The maximum atomic E-state index is 12.3. The molecule has 0 unspecified atom stereocenters. The molecule has 0 atom stereocenters. The lowest BCUT2D eigenvalue weighted by molar-refractivity contribution is -0.122. The van der Waals surface area contributed by atoms with E-state index < -0.39 is 0 Å². The summed E-state index contributed by atoms with van der Waals surface area (Å²) in [6.45, 7) is 4.40. The minimum Gasteiger partial charge on any atom is -0.317 e. The van der Waals surface area contributed by atoms with E-state index in [0.717, 1.165) is 23.4 Å². The highest BCUT2D eigenvalue weighted by Crippen LogP contribution is 2.19. The van der Waals surface area contributed by atoms with Gasteiger partial charge in [-0.15, -0.1) is 0 Å². The molecule has 1 aromatic heterocycles. The molecule has 0 saturated carbocycles. The second kappa shape index (κ2) is 6.12. The van der Waals surface area contributed by atoms with Crippen molar-refractivity contribution >= 4 is 18.0 Å². The van der Waals surface area contributed by atoms with E-state index in [0.29, 0.717) is 12.2 Å². The fraction of sp³-hybridized carbons (Fsp3) is 0.222. The summed E-state index contributed by atoms with van der Waals surface area (Å²) < 4.78 is 1.99. The number of carbonyl (C=O) groups excluding carboxylic acids is 2. The highest BCUT2D eigenvalue weighted by molar-refractivity contribution is 6.13. The number of imide groups is 1. The van der Waals surface area contributed by atoms with Crippen LogP contribution in [0.2, 0.25) is 0 Å². The predicted octanol–water partition coefficient (Wildman–Crippen LogP) is 3.09. The normalized spacial score (nSPS) is 16.3. The lowest BCUT2D eigenvalue weighted by Crippen LogP contribution is -2.31. The van der Waals surface area contributed by atoms with E-state index in [2.05, 4.69) is 11.4 Å². The van der Waals surface area contributed by atoms with Gasteiger partial charge in [-0.25, -0.2) is 4.79 Å². The number of benzene rings is 1. The Morgan fingerprint density at radius 3 is 2.74 bits per heavy atom. The predicted molar refractivity (Wildman–Crippen MR) is 89.0 cm³/mol. The summed E-state index contributed by atoms with van der Waals surface area (Å²) in [6, 6.07) is 11.6. The standard InChI is InChI=1S/C18H19N3O2/c1-3-9-21-17(22)16(19-18(21)23)12-15-8-5-10-20(15)14-7-4-6-13(2)11-14/h4-8,10-12H,3,9H2,1-2H3,(H,19,23)/b16-12+. The molecule has 0 radical (unpaired) electrons. The van der Waals surface area contributed by atoms with E-state index in [9.17, 15) is 9.59 Å². The van der Waals surface area contributed by atoms with Crippen LogP contribution in [0.3, 0.4) is 0 Å². The van der Waals surface area contributed by atoms with E-state index in [4.69, 9.17) is 0 Å². The maximum Gasteiger partial charge on any atom is 0.329 e. The van der Waals surface area contributed by atoms with Crippen LogP contribution in [-0.4, -0.2) is 28.0 Å². The first-order chi connectivity index (χ1) is 11.1. The number of hydrogen-bond donors (Lipinski definition) is 1. The summed E-state index contributed by atoms with van der Waals surface area (Å²) in [7, 11) is 0. The van der Waals surface area contributed by atoms with Crippen LogP contribution in [0.1, 0.15) is 24.6 Å². The van der Waals surface area contributed by atoms with Crippen LogP contribution >= 0.6 is 0 Å². The highest BCUT2D eigenvalue weighted by Gasteiger charge is 2.32. The molecular formula is C18H19N3O2. The fourth-order valence-electron chi connectivity index (χ4n) is 2.67. The third-order valence-electron chi connectivity index (χ3n) is 3.76. The molecule has 5 heteroatoms. The Morgan fingerprint density at radius 2 is 2.00 bits per heavy atom. The van der Waals surface area contributed by atoms with Gasteiger partial charge < -0.3 is 9.88 Å². The molecule has 0 bridgehead atoms. The first-order valence-electron chi connectivity index (χ1n) is 7.69. The molecule has 3 rings (SSSR count). The van der Waals surface area contributed by atoms with Crippen molar-refractivity contribution in [3.05, 3.63) is 59.5 Å². The molecule has 23 heavy (non-hydrogen) atoms. The molecule has 1 aliphatic rings. The largest absolute Gasteiger partial charge is 0.329 e. The number of nitrogens with zero attached hydrogens (tertiary/aromatic N) is 2. The van der Waals surface area contributed by atoms with E-state index in [-0.39, 0.29) is 11.9 Å². The van der Waals surface area contributed by atoms with E-state index in [1.807, 2.05) is 54.9 Å². The van der Waals surface area contributed by atoms with Crippen LogP contribution in [0.15, 0.2) is 48.3 Å². The Bertz CT molecular complexity index is 789. The van der Waals surface area contributed by atoms with Crippen LogP contribution in [0.5, 0.6) is 0 Å². The van der Waals surface area contributed by atoms with Gasteiger partial charge in [0, 0.05) is 24.1 Å². The van der Waals surface area contributed by atoms with E-state index in [1.54, 1.807) is 6.08 Å². The summed E-state index contributed by atoms with van der Waals surface area (Å²) in [5.74, 6) is -0.270. The summed E-state index contributed by atoms with van der Waals surface area (Å²) in [5, 5.41) is 2.65. The minimum absolute atomic E-state index is 0.270. The number of aryl methyl sites for hydroxylation is 1. The number of aromatic nitrogens is 1. The third-order valence-corrected chi connectivity index (χ3v) is 3.76. The van der Waals surface area contributed by atoms with Crippen molar-refractivity contribution < 1.29 is 9.59 Å². The Kier molecular flexibility index (Phi) is 4.02. The average Bonchev–Trinajstić information content (AvgIpc) is 3.08. The summed E-state index contributed by atoms with van der Waals surface area (Å²) in [6.07, 6.45) is 4.40. The van der Waals surface area contributed by atoms with Gasteiger partial charge in [-0.1, -0.05) is 19.1 Å². The molecule has 1 N–H and O–H groups in total. The van der Waals surface area contributed by atoms with Crippen molar-refractivity contribution in [2.24, 2.45) is 0 Å². The monoisotopic (exact) mass is 309 g/mol. The SMILES string of the molecule is CCCN1C(=O)N/C(=C/c2cccn2-c2cccc(C)c2)C1=O. The molecule has 1 saturated heterocycles. The Morgan fingerprint density at radius 1 is 1.17 bits per heavy atom. The number of amides is 3. The second-order valence-corrected chi connectivity index (χ2v) is 5.59. The molecular weight excluding hydrogens is 290 g/mol. The van der Waals surface area contributed by atoms with Gasteiger partial charge in [0.25, 0.3) is 5.91 Å². The van der Waals surface area contributed by atoms with Crippen molar-refractivity contribution in [2.75, 3.05) is 6.54 Å². The number of rotatable bonds is 4. The minimum atomic E-state index is -0.350.